The van der Waals surface area contributed by atoms with Crippen LogP contribution in [0.4, 0.5) is 10.5 Å². The Morgan fingerprint density at radius 1 is 0.967 bits per heavy atom. The van der Waals surface area contributed by atoms with E-state index in [-0.39, 0.29) is 12.5 Å². The molecule has 0 saturated carbocycles. The van der Waals surface area contributed by atoms with Gasteiger partial charge in [-0.05, 0) is 31.0 Å². The van der Waals surface area contributed by atoms with Crippen molar-refractivity contribution in [3.8, 4) is 0 Å². The molecular weight excluding hydrogens is 380 g/mol. The number of carbonyl (C=O) groups is 3. The molecule has 0 bridgehead atoms. The van der Waals surface area contributed by atoms with Gasteiger partial charge in [0, 0.05) is 31.9 Å². The quantitative estimate of drug-likeness (QED) is 0.790. The van der Waals surface area contributed by atoms with Crippen molar-refractivity contribution in [2.24, 2.45) is 0 Å². The number of nitrogens with zero attached hydrogens (tertiary/aromatic N) is 3. The largest absolute Gasteiger partial charge is 0.368 e. The minimum absolute atomic E-state index is 0.208. The third kappa shape index (κ3) is 3.51. The van der Waals surface area contributed by atoms with Crippen LogP contribution in [-0.4, -0.2) is 60.4 Å². The Kier molecular flexibility index (Phi) is 5.20. The maximum atomic E-state index is 13.0. The number of aryl methyl sites for hydroxylation is 1. The van der Waals surface area contributed by atoms with Crippen molar-refractivity contribution in [3.63, 3.8) is 0 Å². The number of carbonyl (C=O) groups excluding carboxylic acids is 3. The second-order valence-corrected chi connectivity index (χ2v) is 7.97. The monoisotopic (exact) mass is 406 g/mol. The van der Waals surface area contributed by atoms with Crippen molar-refractivity contribution in [1.29, 1.82) is 0 Å². The lowest BCUT2D eigenvalue weighted by Gasteiger charge is -2.37. The maximum absolute atomic E-state index is 13.0. The van der Waals surface area contributed by atoms with Crippen molar-refractivity contribution < 1.29 is 14.4 Å². The molecule has 0 spiro atoms. The van der Waals surface area contributed by atoms with Gasteiger partial charge in [0.2, 0.25) is 5.91 Å². The molecule has 2 aromatic carbocycles. The van der Waals surface area contributed by atoms with Gasteiger partial charge in [-0.2, -0.15) is 0 Å². The van der Waals surface area contributed by atoms with Gasteiger partial charge in [0.05, 0.1) is 0 Å². The highest BCUT2D eigenvalue weighted by Gasteiger charge is 2.49. The Bertz CT molecular complexity index is 969. The van der Waals surface area contributed by atoms with Crippen LogP contribution in [-0.2, 0) is 15.1 Å². The van der Waals surface area contributed by atoms with E-state index in [4.69, 9.17) is 0 Å². The van der Waals surface area contributed by atoms with Crippen molar-refractivity contribution >= 4 is 23.5 Å². The number of hydrogen-bond donors (Lipinski definition) is 1. The van der Waals surface area contributed by atoms with E-state index in [0.29, 0.717) is 18.7 Å². The van der Waals surface area contributed by atoms with Crippen LogP contribution in [0.3, 0.4) is 0 Å². The molecule has 1 atom stereocenters. The fourth-order valence-corrected chi connectivity index (χ4v) is 4.16. The van der Waals surface area contributed by atoms with Crippen LogP contribution in [0.25, 0.3) is 0 Å². The van der Waals surface area contributed by atoms with Crippen molar-refractivity contribution in [3.05, 3.63) is 65.7 Å². The standard InChI is InChI=1S/C23H26N4O3/c1-17-8-6-7-11-19(17)25-12-14-26(15-13-25)20(28)16-27-21(29)23(2,24-22(27)30)18-9-4-3-5-10-18/h3-11H,12-16H2,1-2H3,(H,24,30). The van der Waals surface area contributed by atoms with E-state index in [1.165, 1.54) is 11.3 Å². The number of para-hydroxylation sites is 1. The number of nitrogens with one attached hydrogen (secondary N) is 1. The third-order valence-electron chi connectivity index (χ3n) is 6.01. The summed E-state index contributed by atoms with van der Waals surface area (Å²) in [7, 11) is 0. The molecular formula is C23H26N4O3. The summed E-state index contributed by atoms with van der Waals surface area (Å²) in [5, 5.41) is 2.75. The Morgan fingerprint density at radius 2 is 1.60 bits per heavy atom. The molecule has 2 aliphatic heterocycles. The van der Waals surface area contributed by atoms with E-state index in [2.05, 4.69) is 29.3 Å². The molecule has 2 aromatic rings. The number of urea groups is 1. The fraction of sp³-hybridized carbons (Fsp3) is 0.348. The van der Waals surface area contributed by atoms with Gasteiger partial charge in [-0.25, -0.2) is 4.79 Å². The van der Waals surface area contributed by atoms with E-state index in [1.54, 1.807) is 24.0 Å². The highest BCUT2D eigenvalue weighted by atomic mass is 16.2. The van der Waals surface area contributed by atoms with Crippen LogP contribution < -0.4 is 10.2 Å². The number of piperazine rings is 1. The average molecular weight is 406 g/mol. The van der Waals surface area contributed by atoms with Gasteiger partial charge in [0.15, 0.2) is 0 Å². The van der Waals surface area contributed by atoms with E-state index >= 15 is 0 Å². The molecule has 4 rings (SSSR count). The van der Waals surface area contributed by atoms with Gasteiger partial charge in [-0.3, -0.25) is 14.5 Å². The molecule has 7 nitrogen and oxygen atoms in total. The average Bonchev–Trinajstić information content (AvgIpc) is 2.99. The summed E-state index contributed by atoms with van der Waals surface area (Å²) < 4.78 is 0. The second kappa shape index (κ2) is 7.82. The first kappa shape index (κ1) is 19.9. The van der Waals surface area contributed by atoms with Gasteiger partial charge in [0.25, 0.3) is 5.91 Å². The predicted octanol–water partition coefficient (Wildman–Crippen LogP) is 2.11. The highest BCUT2D eigenvalue weighted by molar-refractivity contribution is 6.09. The molecule has 30 heavy (non-hydrogen) atoms. The normalized spacial score (nSPS) is 21.7. The Morgan fingerprint density at radius 3 is 2.27 bits per heavy atom. The van der Waals surface area contributed by atoms with Gasteiger partial charge in [-0.1, -0.05) is 48.5 Å². The lowest BCUT2D eigenvalue weighted by Crippen LogP contribution is -2.52. The summed E-state index contributed by atoms with van der Waals surface area (Å²) in [6.45, 7) is 6.08. The van der Waals surface area contributed by atoms with Gasteiger partial charge in [-0.15, -0.1) is 0 Å². The SMILES string of the molecule is Cc1ccccc1N1CCN(C(=O)CN2C(=O)NC(C)(c3ccccc3)C2=O)CC1. The number of hydrogen-bond acceptors (Lipinski definition) is 4. The second-order valence-electron chi connectivity index (χ2n) is 7.97. The van der Waals surface area contributed by atoms with Gasteiger partial charge in [0.1, 0.15) is 12.1 Å². The molecule has 2 saturated heterocycles. The van der Waals surface area contributed by atoms with Crippen LogP contribution >= 0.6 is 0 Å². The predicted molar refractivity (Wildman–Crippen MR) is 114 cm³/mol. The molecule has 4 amide bonds. The van der Waals surface area contributed by atoms with E-state index in [9.17, 15) is 14.4 Å². The Balaban J connectivity index is 1.39. The summed E-state index contributed by atoms with van der Waals surface area (Å²) >= 11 is 0. The van der Waals surface area contributed by atoms with E-state index in [1.807, 2.05) is 30.3 Å². The molecule has 156 valence electrons. The number of imide groups is 1. The van der Waals surface area contributed by atoms with Crippen LogP contribution in [0.15, 0.2) is 54.6 Å². The number of anilines is 1. The van der Waals surface area contributed by atoms with E-state index in [0.717, 1.165) is 18.0 Å². The minimum Gasteiger partial charge on any atom is -0.368 e. The minimum atomic E-state index is -1.15. The molecule has 2 heterocycles. The van der Waals surface area contributed by atoms with Crippen molar-refractivity contribution in [2.75, 3.05) is 37.6 Å². The molecule has 0 aliphatic carbocycles. The lowest BCUT2D eigenvalue weighted by molar-refractivity contribution is -0.139. The summed E-state index contributed by atoms with van der Waals surface area (Å²) in [6.07, 6.45) is 0. The summed E-state index contributed by atoms with van der Waals surface area (Å²) in [5.74, 6) is -0.606. The molecule has 0 aromatic heterocycles. The highest BCUT2D eigenvalue weighted by Crippen LogP contribution is 2.28. The molecule has 1 unspecified atom stereocenters. The fourth-order valence-electron chi connectivity index (χ4n) is 4.16. The molecule has 2 fully saturated rings. The number of amides is 4. The first-order valence-corrected chi connectivity index (χ1v) is 10.2. The Hall–Kier alpha value is -3.35. The smallest absolute Gasteiger partial charge is 0.325 e. The Labute approximate surface area is 176 Å². The molecule has 1 N–H and O–H groups in total. The van der Waals surface area contributed by atoms with Crippen LogP contribution in [0.2, 0.25) is 0 Å². The maximum Gasteiger partial charge on any atom is 0.325 e. The van der Waals surface area contributed by atoms with E-state index < -0.39 is 17.5 Å². The third-order valence-corrected chi connectivity index (χ3v) is 6.01. The van der Waals surface area contributed by atoms with Crippen LogP contribution in [0, 0.1) is 6.92 Å². The molecule has 0 radical (unpaired) electrons. The van der Waals surface area contributed by atoms with Crippen LogP contribution in [0.5, 0.6) is 0 Å². The summed E-state index contributed by atoms with van der Waals surface area (Å²) in [6, 6.07) is 16.8. The number of rotatable bonds is 4. The summed E-state index contributed by atoms with van der Waals surface area (Å²) in [4.78, 5) is 43.3. The molecule has 7 heteroatoms. The first-order chi connectivity index (χ1) is 14.4. The lowest BCUT2D eigenvalue weighted by atomic mass is 9.92. The van der Waals surface area contributed by atoms with Gasteiger partial charge >= 0.3 is 6.03 Å². The number of benzene rings is 2. The van der Waals surface area contributed by atoms with Crippen LogP contribution in [0.1, 0.15) is 18.1 Å². The summed E-state index contributed by atoms with van der Waals surface area (Å²) in [5.41, 5.74) is 1.93. The first-order valence-electron chi connectivity index (χ1n) is 10.2. The molecule has 2 aliphatic rings. The topological polar surface area (TPSA) is 73.0 Å². The zero-order chi connectivity index (χ0) is 21.3. The zero-order valence-corrected chi connectivity index (χ0v) is 17.3. The van der Waals surface area contributed by atoms with Gasteiger partial charge < -0.3 is 15.1 Å². The zero-order valence-electron chi connectivity index (χ0n) is 17.3. The van der Waals surface area contributed by atoms with Crippen molar-refractivity contribution in [2.45, 2.75) is 19.4 Å². The van der Waals surface area contributed by atoms with Crippen molar-refractivity contribution in [1.82, 2.24) is 15.1 Å².